The predicted octanol–water partition coefficient (Wildman–Crippen LogP) is 3.92. The van der Waals surface area contributed by atoms with Gasteiger partial charge in [-0.05, 0) is 30.7 Å². The van der Waals surface area contributed by atoms with Gasteiger partial charge in [0.25, 0.3) is 0 Å². The first-order chi connectivity index (χ1) is 12.9. The van der Waals surface area contributed by atoms with Crippen molar-refractivity contribution in [2.45, 2.75) is 13.5 Å². The van der Waals surface area contributed by atoms with Crippen molar-refractivity contribution in [2.24, 2.45) is 7.05 Å². The fourth-order valence-electron chi connectivity index (χ4n) is 2.71. The molecule has 27 heavy (non-hydrogen) atoms. The number of ether oxygens (including phenoxy) is 1. The van der Waals surface area contributed by atoms with Crippen LogP contribution in [0, 0.1) is 6.92 Å². The van der Waals surface area contributed by atoms with Crippen molar-refractivity contribution in [1.82, 2.24) is 14.3 Å². The number of ketones is 1. The normalized spacial score (nSPS) is 10.8. The molecule has 0 saturated heterocycles. The third kappa shape index (κ3) is 4.07. The van der Waals surface area contributed by atoms with Crippen molar-refractivity contribution in [3.63, 3.8) is 0 Å². The van der Waals surface area contributed by atoms with Gasteiger partial charge in [-0.3, -0.25) is 4.79 Å². The Morgan fingerprint density at radius 2 is 1.89 bits per heavy atom. The summed E-state index contributed by atoms with van der Waals surface area (Å²) in [4.78, 5) is 24.6. The van der Waals surface area contributed by atoms with Gasteiger partial charge in [0.05, 0.1) is 17.9 Å². The van der Waals surface area contributed by atoms with E-state index in [0.717, 1.165) is 5.56 Å². The average molecular weight is 406 g/mol. The topological polar surface area (TPSA) is 66.1 Å². The second-order valence-corrected chi connectivity index (χ2v) is 6.77. The van der Waals surface area contributed by atoms with E-state index in [1.165, 1.54) is 4.68 Å². The van der Waals surface area contributed by atoms with Gasteiger partial charge < -0.3 is 9.30 Å². The molecule has 0 spiro atoms. The first-order valence-electron chi connectivity index (χ1n) is 8.16. The van der Waals surface area contributed by atoms with Gasteiger partial charge in [0.2, 0.25) is 5.78 Å². The van der Waals surface area contributed by atoms with Crippen molar-refractivity contribution < 1.29 is 14.3 Å². The number of halogens is 2. The summed E-state index contributed by atoms with van der Waals surface area (Å²) in [5.41, 5.74) is 1.84. The van der Waals surface area contributed by atoms with Crippen molar-refractivity contribution in [3.05, 3.63) is 75.3 Å². The lowest BCUT2D eigenvalue weighted by Gasteiger charge is -2.07. The Kier molecular flexibility index (Phi) is 5.68. The Balaban J connectivity index is 1.74. The number of hydrogen-bond acceptors (Lipinski definition) is 4. The number of nitrogens with zero attached hydrogens (tertiary/aromatic N) is 3. The number of benzene rings is 1. The number of carbonyl (C=O) groups excluding carboxylic acids is 2. The minimum Gasteiger partial charge on any atom is -0.453 e. The Labute approximate surface area is 166 Å². The molecule has 8 heteroatoms. The number of rotatable bonds is 6. The van der Waals surface area contributed by atoms with E-state index in [-0.39, 0.29) is 23.1 Å². The molecule has 0 aliphatic heterocycles. The zero-order valence-corrected chi connectivity index (χ0v) is 16.3. The van der Waals surface area contributed by atoms with Gasteiger partial charge >= 0.3 is 5.97 Å². The van der Waals surface area contributed by atoms with Crippen LogP contribution in [0.3, 0.4) is 0 Å². The second kappa shape index (κ2) is 7.98. The van der Waals surface area contributed by atoms with Gasteiger partial charge in [-0.15, -0.1) is 0 Å². The maximum Gasteiger partial charge on any atom is 0.343 e. The first kappa shape index (κ1) is 19.2. The van der Waals surface area contributed by atoms with E-state index in [1.54, 1.807) is 42.9 Å². The lowest BCUT2D eigenvalue weighted by Crippen LogP contribution is -2.17. The summed E-state index contributed by atoms with van der Waals surface area (Å²) in [7, 11) is 1.74. The highest BCUT2D eigenvalue weighted by Gasteiger charge is 2.23. The molecule has 140 valence electrons. The molecule has 0 atom stereocenters. The van der Waals surface area contributed by atoms with Gasteiger partial charge in [0.1, 0.15) is 10.7 Å². The monoisotopic (exact) mass is 405 g/mol. The van der Waals surface area contributed by atoms with Crippen LogP contribution in [0.1, 0.15) is 32.1 Å². The molecule has 0 saturated carbocycles. The number of Topliss-reactive ketones (excluding diaryl/α,β-unsaturated/α-hetero) is 1. The van der Waals surface area contributed by atoms with Crippen LogP contribution in [-0.4, -0.2) is 32.7 Å². The summed E-state index contributed by atoms with van der Waals surface area (Å²) in [6, 6.07) is 10.7. The quantitative estimate of drug-likeness (QED) is 0.460. The molecule has 0 aliphatic rings. The maximum absolute atomic E-state index is 12.4. The lowest BCUT2D eigenvalue weighted by molar-refractivity contribution is 0.0472. The minimum absolute atomic E-state index is 0.142. The number of aromatic nitrogens is 3. The Morgan fingerprint density at radius 3 is 2.56 bits per heavy atom. The van der Waals surface area contributed by atoms with Crippen molar-refractivity contribution in [2.75, 3.05) is 6.61 Å². The molecule has 0 radical (unpaired) electrons. The van der Waals surface area contributed by atoms with E-state index in [9.17, 15) is 9.59 Å². The predicted molar refractivity (Wildman–Crippen MR) is 103 cm³/mol. The third-order valence-electron chi connectivity index (χ3n) is 4.11. The van der Waals surface area contributed by atoms with Crippen molar-refractivity contribution in [1.29, 1.82) is 0 Å². The van der Waals surface area contributed by atoms with Crippen LogP contribution in [0.4, 0.5) is 0 Å². The van der Waals surface area contributed by atoms with Crippen LogP contribution < -0.4 is 0 Å². The zero-order chi connectivity index (χ0) is 19.6. The molecule has 3 aromatic rings. The fraction of sp³-hybridized carbons (Fsp3) is 0.211. The van der Waals surface area contributed by atoms with Crippen LogP contribution in [0.25, 0.3) is 0 Å². The lowest BCUT2D eigenvalue weighted by atomic mass is 10.2. The summed E-state index contributed by atoms with van der Waals surface area (Å²) in [6.45, 7) is 1.60. The van der Waals surface area contributed by atoms with Crippen LogP contribution in [0.15, 0.2) is 42.6 Å². The van der Waals surface area contributed by atoms with Crippen molar-refractivity contribution in [3.8, 4) is 0 Å². The van der Waals surface area contributed by atoms with E-state index < -0.39 is 5.97 Å². The molecule has 2 aromatic heterocycles. The molecule has 0 N–H and O–H groups in total. The van der Waals surface area contributed by atoms with Gasteiger partial charge in [0.15, 0.2) is 6.61 Å². The zero-order valence-electron chi connectivity index (χ0n) is 14.8. The van der Waals surface area contributed by atoms with Crippen molar-refractivity contribution >= 4 is 35.0 Å². The van der Waals surface area contributed by atoms with Gasteiger partial charge in [-0.1, -0.05) is 41.4 Å². The number of carbonyl (C=O) groups is 2. The number of hydrogen-bond donors (Lipinski definition) is 0. The Bertz CT molecular complexity index is 1010. The van der Waals surface area contributed by atoms with E-state index in [2.05, 4.69) is 5.10 Å². The molecular weight excluding hydrogens is 389 g/mol. The minimum atomic E-state index is -0.689. The smallest absolute Gasteiger partial charge is 0.343 e. The summed E-state index contributed by atoms with van der Waals surface area (Å²) in [5, 5.41) is 5.02. The van der Waals surface area contributed by atoms with E-state index in [1.807, 2.05) is 18.2 Å². The maximum atomic E-state index is 12.4. The van der Waals surface area contributed by atoms with Crippen LogP contribution in [0.2, 0.25) is 10.2 Å². The van der Waals surface area contributed by atoms with E-state index in [0.29, 0.717) is 23.0 Å². The first-order valence-corrected chi connectivity index (χ1v) is 8.92. The SMILES string of the molecule is Cc1nn(Cc2ccccc2Cl)c(Cl)c1C(=O)OCC(=O)c1cccn1C. The molecule has 0 bridgehead atoms. The van der Waals surface area contributed by atoms with Gasteiger partial charge in [-0.25, -0.2) is 9.48 Å². The second-order valence-electron chi connectivity index (χ2n) is 6.00. The molecule has 0 unspecified atom stereocenters. The molecule has 1 aromatic carbocycles. The molecule has 6 nitrogen and oxygen atoms in total. The molecule has 0 aliphatic carbocycles. The number of aryl methyl sites for hydroxylation is 2. The van der Waals surface area contributed by atoms with Gasteiger partial charge in [-0.2, -0.15) is 5.10 Å². The van der Waals surface area contributed by atoms with E-state index >= 15 is 0 Å². The number of esters is 1. The highest BCUT2D eigenvalue weighted by molar-refractivity contribution is 6.33. The van der Waals surface area contributed by atoms with Crippen LogP contribution in [0.5, 0.6) is 0 Å². The molecule has 0 fully saturated rings. The van der Waals surface area contributed by atoms with Crippen LogP contribution in [-0.2, 0) is 18.3 Å². The standard InChI is InChI=1S/C19H17Cl2N3O3/c1-12-17(19(26)27-11-16(25)15-8-5-9-23(15)2)18(21)24(22-12)10-13-6-3-4-7-14(13)20/h3-9H,10-11H2,1-2H3. The Morgan fingerprint density at radius 1 is 1.15 bits per heavy atom. The third-order valence-corrected chi connectivity index (χ3v) is 4.86. The highest BCUT2D eigenvalue weighted by Crippen LogP contribution is 2.24. The molecule has 2 heterocycles. The molecular formula is C19H17Cl2N3O3. The molecule has 3 rings (SSSR count). The van der Waals surface area contributed by atoms with Crippen LogP contribution >= 0.6 is 23.2 Å². The summed E-state index contributed by atoms with van der Waals surface area (Å²) < 4.78 is 8.29. The summed E-state index contributed by atoms with van der Waals surface area (Å²) in [6.07, 6.45) is 1.74. The Hall–Kier alpha value is -2.57. The summed E-state index contributed by atoms with van der Waals surface area (Å²) in [5.74, 6) is -0.987. The highest BCUT2D eigenvalue weighted by atomic mass is 35.5. The fourth-order valence-corrected chi connectivity index (χ4v) is 3.21. The average Bonchev–Trinajstić information content (AvgIpc) is 3.18. The molecule has 0 amide bonds. The van der Waals surface area contributed by atoms with Gasteiger partial charge in [0, 0.05) is 18.3 Å². The largest absolute Gasteiger partial charge is 0.453 e. The van der Waals surface area contributed by atoms with E-state index in [4.69, 9.17) is 27.9 Å². The summed E-state index contributed by atoms with van der Waals surface area (Å²) >= 11 is 12.5.